The summed E-state index contributed by atoms with van der Waals surface area (Å²) in [5.41, 5.74) is -0.0141. The first-order valence-corrected chi connectivity index (χ1v) is 11.8. The molecule has 0 bridgehead atoms. The maximum Gasteiger partial charge on any atom is 0.306 e. The van der Waals surface area contributed by atoms with Crippen molar-refractivity contribution < 1.29 is 27.8 Å². The van der Waals surface area contributed by atoms with Gasteiger partial charge in [0.25, 0.3) is 0 Å². The van der Waals surface area contributed by atoms with Crippen molar-refractivity contribution in [3.63, 3.8) is 0 Å². The first-order valence-electron chi connectivity index (χ1n) is 11.8. The van der Waals surface area contributed by atoms with E-state index in [0.29, 0.717) is 13.0 Å². The summed E-state index contributed by atoms with van der Waals surface area (Å²) in [4.78, 5) is 23.4. The normalized spacial score (nSPS) is 10.8. The van der Waals surface area contributed by atoms with Gasteiger partial charge in [-0.05, 0) is 31.0 Å². The molecular weight excluding hydrogens is 402 g/mol. The average molecular weight is 441 g/mol. The van der Waals surface area contributed by atoms with Gasteiger partial charge in [-0.3, -0.25) is 9.59 Å². The number of rotatable bonds is 18. The topological polar surface area (TPSA) is 52.6 Å². The highest BCUT2D eigenvalue weighted by molar-refractivity contribution is 5.72. The molecule has 0 aliphatic carbocycles. The Hall–Kier alpha value is -1.98. The third-order valence-electron chi connectivity index (χ3n) is 5.17. The molecule has 0 aliphatic rings. The summed E-state index contributed by atoms with van der Waals surface area (Å²) in [7, 11) is 0. The molecule has 1 aromatic rings. The van der Waals surface area contributed by atoms with E-state index in [4.69, 9.17) is 9.47 Å². The zero-order valence-corrected chi connectivity index (χ0v) is 18.9. The minimum Gasteiger partial charge on any atom is -0.466 e. The van der Waals surface area contributed by atoms with Crippen molar-refractivity contribution in [1.29, 1.82) is 0 Å². The van der Waals surface area contributed by atoms with Gasteiger partial charge in [0.15, 0.2) is 0 Å². The predicted molar refractivity (Wildman–Crippen MR) is 117 cm³/mol. The molecule has 6 heteroatoms. The van der Waals surface area contributed by atoms with Crippen LogP contribution in [0.15, 0.2) is 18.2 Å². The standard InChI is InChI=1S/C25H38F2O4/c1-2-3-4-5-6-7-8-9-10-11-12-18-30-24(28)14-13-15-25(29)31-20-21-19-22(26)16-17-23(21)27/h16-17,19H,2-15,18,20H2,1H3. The highest BCUT2D eigenvalue weighted by Crippen LogP contribution is 2.13. The number of unbranched alkanes of at least 4 members (excludes halogenated alkanes) is 10. The van der Waals surface area contributed by atoms with Crippen LogP contribution < -0.4 is 0 Å². The lowest BCUT2D eigenvalue weighted by Gasteiger charge is -2.07. The molecule has 0 aliphatic heterocycles. The van der Waals surface area contributed by atoms with E-state index in [-0.39, 0.29) is 31.0 Å². The SMILES string of the molecule is CCCCCCCCCCCCCOC(=O)CCCC(=O)OCc1cc(F)ccc1F. The third kappa shape index (κ3) is 14.6. The van der Waals surface area contributed by atoms with E-state index in [9.17, 15) is 18.4 Å². The first kappa shape index (κ1) is 27.1. The van der Waals surface area contributed by atoms with Crippen molar-refractivity contribution >= 4 is 11.9 Å². The van der Waals surface area contributed by atoms with Crippen LogP contribution >= 0.6 is 0 Å². The number of esters is 2. The third-order valence-corrected chi connectivity index (χ3v) is 5.17. The fraction of sp³-hybridized carbons (Fsp3) is 0.680. The number of benzene rings is 1. The minimum atomic E-state index is -0.625. The molecule has 0 unspecified atom stereocenters. The van der Waals surface area contributed by atoms with E-state index >= 15 is 0 Å². The van der Waals surface area contributed by atoms with Crippen molar-refractivity contribution in [3.8, 4) is 0 Å². The Morgan fingerprint density at radius 1 is 0.742 bits per heavy atom. The Morgan fingerprint density at radius 2 is 1.29 bits per heavy atom. The molecule has 1 rings (SSSR count). The summed E-state index contributed by atoms with van der Waals surface area (Å²) in [6, 6.07) is 2.99. The number of carbonyl (C=O) groups excluding carboxylic acids is 2. The second-order valence-corrected chi connectivity index (χ2v) is 8.01. The monoisotopic (exact) mass is 440 g/mol. The van der Waals surface area contributed by atoms with Crippen LogP contribution in [0.1, 0.15) is 102 Å². The van der Waals surface area contributed by atoms with Crippen LogP contribution in [-0.4, -0.2) is 18.5 Å². The lowest BCUT2D eigenvalue weighted by atomic mass is 10.1. The summed E-state index contributed by atoms with van der Waals surface area (Å²) in [5.74, 6) is -2.09. The summed E-state index contributed by atoms with van der Waals surface area (Å²) in [6.45, 7) is 2.32. The largest absolute Gasteiger partial charge is 0.466 e. The molecule has 4 nitrogen and oxygen atoms in total. The molecule has 0 spiro atoms. The molecule has 0 atom stereocenters. The van der Waals surface area contributed by atoms with Crippen molar-refractivity contribution in [3.05, 3.63) is 35.4 Å². The van der Waals surface area contributed by atoms with Gasteiger partial charge >= 0.3 is 11.9 Å². The van der Waals surface area contributed by atoms with Crippen LogP contribution in [0.4, 0.5) is 8.78 Å². The van der Waals surface area contributed by atoms with E-state index in [2.05, 4.69) is 6.92 Å². The number of hydrogen-bond donors (Lipinski definition) is 0. The van der Waals surface area contributed by atoms with Crippen molar-refractivity contribution in [2.45, 2.75) is 103 Å². The Morgan fingerprint density at radius 3 is 1.90 bits per heavy atom. The van der Waals surface area contributed by atoms with Crippen LogP contribution in [-0.2, 0) is 25.7 Å². The second kappa shape index (κ2) is 17.7. The predicted octanol–water partition coefficient (Wildman–Crippen LogP) is 7.03. The Labute approximate surface area is 185 Å². The summed E-state index contributed by atoms with van der Waals surface area (Å²) in [6.07, 6.45) is 14.1. The highest BCUT2D eigenvalue weighted by atomic mass is 19.1. The summed E-state index contributed by atoms with van der Waals surface area (Å²) >= 11 is 0. The summed E-state index contributed by atoms with van der Waals surface area (Å²) in [5, 5.41) is 0. The van der Waals surface area contributed by atoms with Gasteiger partial charge in [-0.1, -0.05) is 71.1 Å². The van der Waals surface area contributed by atoms with Crippen LogP contribution in [0.25, 0.3) is 0 Å². The molecule has 31 heavy (non-hydrogen) atoms. The molecule has 0 amide bonds. The van der Waals surface area contributed by atoms with Gasteiger partial charge in [0.05, 0.1) is 6.61 Å². The lowest BCUT2D eigenvalue weighted by molar-refractivity contribution is -0.146. The molecule has 0 N–H and O–H groups in total. The van der Waals surface area contributed by atoms with Crippen LogP contribution in [0.3, 0.4) is 0 Å². The number of halogens is 2. The number of carbonyl (C=O) groups is 2. The van der Waals surface area contributed by atoms with E-state index < -0.39 is 17.6 Å². The molecular formula is C25H38F2O4. The molecule has 1 aromatic carbocycles. The molecule has 0 saturated heterocycles. The van der Waals surface area contributed by atoms with Gasteiger partial charge in [0.2, 0.25) is 0 Å². The van der Waals surface area contributed by atoms with E-state index in [1.807, 2.05) is 0 Å². The van der Waals surface area contributed by atoms with Crippen molar-refractivity contribution in [2.75, 3.05) is 6.61 Å². The van der Waals surface area contributed by atoms with E-state index in [0.717, 1.165) is 31.0 Å². The number of ether oxygens (including phenoxy) is 2. The van der Waals surface area contributed by atoms with Gasteiger partial charge in [0.1, 0.15) is 18.2 Å². The van der Waals surface area contributed by atoms with Crippen LogP contribution in [0.2, 0.25) is 0 Å². The Balaban J connectivity index is 1.93. The van der Waals surface area contributed by atoms with Gasteiger partial charge in [-0.25, -0.2) is 8.78 Å². The molecule has 0 radical (unpaired) electrons. The molecule has 0 saturated carbocycles. The van der Waals surface area contributed by atoms with Crippen LogP contribution in [0, 0.1) is 11.6 Å². The highest BCUT2D eigenvalue weighted by Gasteiger charge is 2.10. The number of hydrogen-bond acceptors (Lipinski definition) is 4. The van der Waals surface area contributed by atoms with Gasteiger partial charge in [-0.15, -0.1) is 0 Å². The zero-order chi connectivity index (χ0) is 22.7. The van der Waals surface area contributed by atoms with Gasteiger partial charge in [0, 0.05) is 18.4 Å². The zero-order valence-electron chi connectivity index (χ0n) is 18.9. The fourth-order valence-electron chi connectivity index (χ4n) is 3.29. The fourth-order valence-corrected chi connectivity index (χ4v) is 3.29. The van der Waals surface area contributed by atoms with E-state index in [1.54, 1.807) is 0 Å². The average Bonchev–Trinajstić information content (AvgIpc) is 2.75. The molecule has 0 heterocycles. The molecule has 0 fully saturated rings. The van der Waals surface area contributed by atoms with Gasteiger partial charge in [-0.2, -0.15) is 0 Å². The van der Waals surface area contributed by atoms with E-state index in [1.165, 1.54) is 57.8 Å². The maximum absolute atomic E-state index is 13.5. The van der Waals surface area contributed by atoms with Crippen molar-refractivity contribution in [1.82, 2.24) is 0 Å². The van der Waals surface area contributed by atoms with Gasteiger partial charge < -0.3 is 9.47 Å². The molecule has 0 aromatic heterocycles. The first-order chi connectivity index (χ1) is 15.0. The quantitative estimate of drug-likeness (QED) is 0.182. The maximum atomic E-state index is 13.5. The molecule has 176 valence electrons. The second-order valence-electron chi connectivity index (χ2n) is 8.01. The van der Waals surface area contributed by atoms with Crippen molar-refractivity contribution in [2.24, 2.45) is 0 Å². The lowest BCUT2D eigenvalue weighted by Crippen LogP contribution is -2.09. The Kier molecular flexibility index (Phi) is 15.4. The van der Waals surface area contributed by atoms with Crippen LogP contribution in [0.5, 0.6) is 0 Å². The smallest absolute Gasteiger partial charge is 0.306 e. The Bertz CT molecular complexity index is 634. The minimum absolute atomic E-state index is 0.0141. The summed E-state index contributed by atoms with van der Waals surface area (Å²) < 4.78 is 36.6.